The largest absolute Gasteiger partial charge is 0.422 e. The molecule has 4 aromatic rings. The highest BCUT2D eigenvalue weighted by atomic mass is 16.4. The third-order valence-electron chi connectivity index (χ3n) is 3.74. The SMILES string of the molecule is O=c1cc(-c2ccccn2)cc(-c2cc3ccccc3oc2=O)[nH]1. The molecule has 0 saturated carbocycles. The molecule has 0 bridgehead atoms. The molecule has 0 aliphatic carbocycles. The lowest BCUT2D eigenvalue weighted by Gasteiger charge is -2.05. The molecule has 5 nitrogen and oxygen atoms in total. The number of hydrogen-bond donors (Lipinski definition) is 1. The highest BCUT2D eigenvalue weighted by molar-refractivity contribution is 5.81. The van der Waals surface area contributed by atoms with E-state index in [0.717, 1.165) is 5.39 Å². The summed E-state index contributed by atoms with van der Waals surface area (Å²) in [4.78, 5) is 31.2. The summed E-state index contributed by atoms with van der Waals surface area (Å²) < 4.78 is 5.34. The third-order valence-corrected chi connectivity index (χ3v) is 3.74. The Bertz CT molecular complexity index is 1140. The fraction of sp³-hybridized carbons (Fsp3) is 0. The third kappa shape index (κ3) is 2.52. The van der Waals surface area contributed by atoms with Gasteiger partial charge in [-0.15, -0.1) is 0 Å². The average Bonchev–Trinajstić information content (AvgIpc) is 2.61. The number of aromatic nitrogens is 2. The van der Waals surface area contributed by atoms with Gasteiger partial charge < -0.3 is 9.40 Å². The van der Waals surface area contributed by atoms with Crippen LogP contribution in [-0.2, 0) is 0 Å². The molecule has 0 aliphatic rings. The summed E-state index contributed by atoms with van der Waals surface area (Å²) in [7, 11) is 0. The second kappa shape index (κ2) is 5.62. The number of rotatable bonds is 2. The van der Waals surface area contributed by atoms with Crippen LogP contribution in [0.1, 0.15) is 0 Å². The standard InChI is InChI=1S/C19H12N2O3/c22-18-11-13(15-6-3-4-8-20-15)10-16(21-18)14-9-12-5-1-2-7-17(12)24-19(14)23/h1-11H,(H,21,22). The molecule has 24 heavy (non-hydrogen) atoms. The Morgan fingerprint density at radius 2 is 1.75 bits per heavy atom. The maximum atomic E-state index is 12.3. The normalized spacial score (nSPS) is 10.8. The molecule has 3 aromatic heterocycles. The number of pyridine rings is 2. The molecule has 0 unspecified atom stereocenters. The Morgan fingerprint density at radius 1 is 0.917 bits per heavy atom. The molecule has 0 amide bonds. The number of nitrogens with one attached hydrogen (secondary N) is 1. The van der Waals surface area contributed by atoms with Crippen molar-refractivity contribution in [1.29, 1.82) is 0 Å². The second-order valence-corrected chi connectivity index (χ2v) is 5.35. The maximum absolute atomic E-state index is 12.3. The van der Waals surface area contributed by atoms with Crippen LogP contribution in [0.25, 0.3) is 33.5 Å². The van der Waals surface area contributed by atoms with Gasteiger partial charge in [-0.1, -0.05) is 24.3 Å². The molecule has 116 valence electrons. The van der Waals surface area contributed by atoms with Gasteiger partial charge in [-0.05, 0) is 30.3 Å². The van der Waals surface area contributed by atoms with Gasteiger partial charge in [0.2, 0.25) is 5.56 Å². The van der Waals surface area contributed by atoms with Crippen LogP contribution in [0.5, 0.6) is 0 Å². The lowest BCUT2D eigenvalue weighted by Crippen LogP contribution is -2.10. The van der Waals surface area contributed by atoms with E-state index in [-0.39, 0.29) is 5.56 Å². The van der Waals surface area contributed by atoms with Gasteiger partial charge in [0, 0.05) is 23.2 Å². The van der Waals surface area contributed by atoms with Crippen molar-refractivity contribution in [3.8, 4) is 22.5 Å². The van der Waals surface area contributed by atoms with Crippen LogP contribution in [0.2, 0.25) is 0 Å². The second-order valence-electron chi connectivity index (χ2n) is 5.35. The number of para-hydroxylation sites is 1. The van der Waals surface area contributed by atoms with Crippen LogP contribution in [0.3, 0.4) is 0 Å². The van der Waals surface area contributed by atoms with E-state index in [4.69, 9.17) is 4.42 Å². The molecule has 0 fully saturated rings. The molecule has 5 heteroatoms. The lowest BCUT2D eigenvalue weighted by molar-refractivity contribution is 0.563. The van der Waals surface area contributed by atoms with Gasteiger partial charge in [-0.2, -0.15) is 0 Å². The molecule has 1 aromatic carbocycles. The minimum atomic E-state index is -0.498. The van der Waals surface area contributed by atoms with Gasteiger partial charge in [-0.25, -0.2) is 4.79 Å². The smallest absolute Gasteiger partial charge is 0.345 e. The van der Waals surface area contributed by atoms with E-state index in [2.05, 4.69) is 9.97 Å². The van der Waals surface area contributed by atoms with Gasteiger partial charge in [-0.3, -0.25) is 9.78 Å². The van der Waals surface area contributed by atoms with E-state index >= 15 is 0 Å². The molecule has 0 saturated heterocycles. The highest BCUT2D eigenvalue weighted by Gasteiger charge is 2.11. The zero-order chi connectivity index (χ0) is 16.5. The fourth-order valence-electron chi connectivity index (χ4n) is 2.62. The molecule has 0 aliphatic heterocycles. The van der Waals surface area contributed by atoms with Crippen molar-refractivity contribution in [2.24, 2.45) is 0 Å². The monoisotopic (exact) mass is 316 g/mol. The summed E-state index contributed by atoms with van der Waals surface area (Å²) in [5.74, 6) is 0. The van der Waals surface area contributed by atoms with Crippen LogP contribution in [0.4, 0.5) is 0 Å². The molecular weight excluding hydrogens is 304 g/mol. The van der Waals surface area contributed by atoms with Crippen molar-refractivity contribution in [1.82, 2.24) is 9.97 Å². The van der Waals surface area contributed by atoms with E-state index in [1.54, 1.807) is 42.6 Å². The van der Waals surface area contributed by atoms with Crippen molar-refractivity contribution < 1.29 is 4.42 Å². The molecule has 1 N–H and O–H groups in total. The maximum Gasteiger partial charge on any atom is 0.345 e. The van der Waals surface area contributed by atoms with E-state index in [1.165, 1.54) is 6.07 Å². The number of aromatic amines is 1. The quantitative estimate of drug-likeness (QED) is 0.576. The Balaban J connectivity index is 1.94. The van der Waals surface area contributed by atoms with Gasteiger partial charge in [0.15, 0.2) is 0 Å². The zero-order valence-corrected chi connectivity index (χ0v) is 12.5. The van der Waals surface area contributed by atoms with Crippen LogP contribution >= 0.6 is 0 Å². The highest BCUT2D eigenvalue weighted by Crippen LogP contribution is 2.22. The minimum absolute atomic E-state index is 0.305. The Hall–Kier alpha value is -3.47. The van der Waals surface area contributed by atoms with Crippen molar-refractivity contribution in [3.63, 3.8) is 0 Å². The lowest BCUT2D eigenvalue weighted by atomic mass is 10.1. The minimum Gasteiger partial charge on any atom is -0.422 e. The van der Waals surface area contributed by atoms with Crippen molar-refractivity contribution >= 4 is 11.0 Å². The predicted molar refractivity (Wildman–Crippen MR) is 91.8 cm³/mol. The Morgan fingerprint density at radius 3 is 2.58 bits per heavy atom. The first-order valence-electron chi connectivity index (χ1n) is 7.40. The average molecular weight is 316 g/mol. The van der Waals surface area contributed by atoms with Crippen molar-refractivity contribution in [3.05, 3.63) is 87.6 Å². The molecule has 0 atom stereocenters. The van der Waals surface area contributed by atoms with E-state index in [1.807, 2.05) is 18.2 Å². The number of nitrogens with zero attached hydrogens (tertiary/aromatic N) is 1. The van der Waals surface area contributed by atoms with Crippen molar-refractivity contribution in [2.75, 3.05) is 0 Å². The first kappa shape index (κ1) is 14.1. The summed E-state index contributed by atoms with van der Waals surface area (Å²) in [6.45, 7) is 0. The summed E-state index contributed by atoms with van der Waals surface area (Å²) in [5.41, 5.74) is 1.72. The van der Waals surface area contributed by atoms with Gasteiger partial charge in [0.05, 0.1) is 17.0 Å². The first-order valence-corrected chi connectivity index (χ1v) is 7.40. The molecule has 0 spiro atoms. The van der Waals surface area contributed by atoms with Crippen LogP contribution in [0.15, 0.2) is 80.9 Å². The van der Waals surface area contributed by atoms with E-state index < -0.39 is 5.63 Å². The Labute approximate surface area is 136 Å². The van der Waals surface area contributed by atoms with E-state index in [9.17, 15) is 9.59 Å². The van der Waals surface area contributed by atoms with Crippen LogP contribution in [-0.4, -0.2) is 9.97 Å². The molecule has 0 radical (unpaired) electrons. The number of fused-ring (bicyclic) bond motifs is 1. The first-order chi connectivity index (χ1) is 11.7. The summed E-state index contributed by atoms with van der Waals surface area (Å²) in [6, 6.07) is 17.6. The van der Waals surface area contributed by atoms with Gasteiger partial charge >= 0.3 is 5.63 Å². The molecule has 3 heterocycles. The Kier molecular flexibility index (Phi) is 3.31. The van der Waals surface area contributed by atoms with Gasteiger partial charge in [0.1, 0.15) is 5.58 Å². The molecule has 4 rings (SSSR count). The summed E-state index contributed by atoms with van der Waals surface area (Å²) in [6.07, 6.45) is 1.65. The van der Waals surface area contributed by atoms with Crippen LogP contribution < -0.4 is 11.2 Å². The predicted octanol–water partition coefficient (Wildman–Crippen LogP) is 3.21. The topological polar surface area (TPSA) is 76.0 Å². The van der Waals surface area contributed by atoms with Crippen LogP contribution in [0, 0.1) is 0 Å². The number of benzene rings is 1. The summed E-state index contributed by atoms with van der Waals surface area (Å²) >= 11 is 0. The number of H-pyrrole nitrogens is 1. The number of hydrogen-bond acceptors (Lipinski definition) is 4. The van der Waals surface area contributed by atoms with Crippen molar-refractivity contribution in [2.45, 2.75) is 0 Å². The summed E-state index contributed by atoms with van der Waals surface area (Å²) in [5, 5.41) is 0.788. The van der Waals surface area contributed by atoms with Gasteiger partial charge in [0.25, 0.3) is 0 Å². The zero-order valence-electron chi connectivity index (χ0n) is 12.5. The fourth-order valence-corrected chi connectivity index (χ4v) is 2.62. The van der Waals surface area contributed by atoms with E-state index in [0.29, 0.717) is 28.1 Å². The molecular formula is C19H12N2O3.